The zero-order valence-electron chi connectivity index (χ0n) is 16.6. The highest BCUT2D eigenvalue weighted by Gasteiger charge is 2.37. The van der Waals surface area contributed by atoms with Gasteiger partial charge in [-0.1, -0.05) is 12.1 Å². The quantitative estimate of drug-likeness (QED) is 0.816. The fourth-order valence-electron chi connectivity index (χ4n) is 3.79. The van der Waals surface area contributed by atoms with Crippen LogP contribution in [0.25, 0.3) is 11.0 Å². The Morgan fingerprint density at radius 1 is 1.14 bits per heavy atom. The van der Waals surface area contributed by atoms with E-state index in [1.807, 2.05) is 0 Å². The molecule has 1 aliphatic rings. The molecule has 1 aliphatic heterocycles. The fourth-order valence-corrected chi connectivity index (χ4v) is 3.79. The molecule has 28 heavy (non-hydrogen) atoms. The second kappa shape index (κ2) is 7.46. The molecule has 0 spiro atoms. The molecule has 2 heterocycles. The third-order valence-corrected chi connectivity index (χ3v) is 4.85. The van der Waals surface area contributed by atoms with Crippen molar-refractivity contribution in [1.29, 1.82) is 0 Å². The Morgan fingerprint density at radius 3 is 2.46 bits per heavy atom. The second-order valence-electron chi connectivity index (χ2n) is 6.86. The number of carbonyl (C=O) groups is 2. The summed E-state index contributed by atoms with van der Waals surface area (Å²) in [5.74, 6) is -0.902. The van der Waals surface area contributed by atoms with Crippen LogP contribution in [0, 0.1) is 6.92 Å². The molecular weight excluding hydrogens is 358 g/mol. The zero-order chi connectivity index (χ0) is 20.6. The first-order valence-corrected chi connectivity index (χ1v) is 9.16. The monoisotopic (exact) mass is 381 g/mol. The average Bonchev–Trinajstić information content (AvgIpc) is 2.60. The van der Waals surface area contributed by atoms with Crippen molar-refractivity contribution < 1.29 is 18.7 Å². The van der Waals surface area contributed by atoms with Crippen molar-refractivity contribution in [1.82, 2.24) is 5.32 Å². The van der Waals surface area contributed by atoms with Gasteiger partial charge in [-0.2, -0.15) is 0 Å². The molecule has 0 bridgehead atoms. The van der Waals surface area contributed by atoms with Crippen LogP contribution >= 0.6 is 0 Å². The van der Waals surface area contributed by atoms with Gasteiger partial charge in [-0.15, -0.1) is 0 Å². The summed E-state index contributed by atoms with van der Waals surface area (Å²) in [4.78, 5) is 37.8. The Labute approximate surface area is 162 Å². The number of fused-ring (bicyclic) bond motifs is 1. The lowest BCUT2D eigenvalue weighted by atomic mass is 9.78. The lowest BCUT2D eigenvalue weighted by molar-refractivity contribution is -0.138. The van der Waals surface area contributed by atoms with Crippen LogP contribution in [-0.2, 0) is 14.3 Å². The van der Waals surface area contributed by atoms with Crippen LogP contribution in [0.2, 0.25) is 0 Å². The minimum atomic E-state index is -0.688. The van der Waals surface area contributed by atoms with Gasteiger partial charge in [0.25, 0.3) is 0 Å². The number of benzene rings is 1. The number of ether oxygens (including phenoxy) is 1. The van der Waals surface area contributed by atoms with Gasteiger partial charge >= 0.3 is 5.97 Å². The van der Waals surface area contributed by atoms with Gasteiger partial charge in [0.05, 0.1) is 23.5 Å². The summed E-state index contributed by atoms with van der Waals surface area (Å²) in [6.45, 7) is 8.66. The van der Waals surface area contributed by atoms with Crippen LogP contribution < -0.4 is 10.7 Å². The van der Waals surface area contributed by atoms with E-state index in [1.165, 1.54) is 13.0 Å². The Morgan fingerprint density at radius 2 is 1.82 bits per heavy atom. The van der Waals surface area contributed by atoms with Crippen molar-refractivity contribution in [2.75, 3.05) is 6.61 Å². The number of dihydropyridines is 1. The number of hydrogen-bond donors (Lipinski definition) is 1. The summed E-state index contributed by atoms with van der Waals surface area (Å²) in [5.41, 5.74) is 2.86. The zero-order valence-corrected chi connectivity index (χ0v) is 16.6. The number of Topliss-reactive ketones (excluding diaryl/α,β-unsaturated/α-hetero) is 1. The standard InChI is InChI=1S/C22H23NO5/c1-6-27-22(26)19-13(4)23-12(3)18(14(5)24)20(19)16-9-7-8-15-17(25)10-11(2)28-21(15)16/h7-10,20,23H,6H2,1-5H3/t20-/m0/s1. The van der Waals surface area contributed by atoms with Crippen molar-refractivity contribution in [3.8, 4) is 0 Å². The first-order chi connectivity index (χ1) is 13.3. The molecule has 6 nitrogen and oxygen atoms in total. The molecule has 0 saturated heterocycles. The van der Waals surface area contributed by atoms with Gasteiger partial charge in [-0.3, -0.25) is 9.59 Å². The molecule has 0 radical (unpaired) electrons. The molecule has 0 fully saturated rings. The normalized spacial score (nSPS) is 17.0. The number of allylic oxidation sites excluding steroid dienone is 3. The molecule has 0 amide bonds. The molecule has 1 aromatic carbocycles. The van der Waals surface area contributed by atoms with Crippen LogP contribution in [0.1, 0.15) is 44.9 Å². The van der Waals surface area contributed by atoms with Crippen LogP contribution in [0.3, 0.4) is 0 Å². The maximum absolute atomic E-state index is 12.8. The maximum atomic E-state index is 12.8. The van der Waals surface area contributed by atoms with E-state index in [0.717, 1.165) is 0 Å². The minimum Gasteiger partial charge on any atom is -0.463 e. The molecule has 0 aliphatic carbocycles. The summed E-state index contributed by atoms with van der Waals surface area (Å²) in [6.07, 6.45) is 0. The number of esters is 1. The maximum Gasteiger partial charge on any atom is 0.336 e. The predicted molar refractivity (Wildman–Crippen MR) is 106 cm³/mol. The van der Waals surface area contributed by atoms with E-state index in [9.17, 15) is 14.4 Å². The number of carbonyl (C=O) groups excluding carboxylic acids is 2. The largest absolute Gasteiger partial charge is 0.463 e. The van der Waals surface area contributed by atoms with E-state index >= 15 is 0 Å². The molecular formula is C22H23NO5. The topological polar surface area (TPSA) is 85.6 Å². The molecule has 1 atom stereocenters. The molecule has 2 aromatic rings. The van der Waals surface area contributed by atoms with Gasteiger partial charge in [0.1, 0.15) is 11.3 Å². The molecule has 0 unspecified atom stereocenters. The summed E-state index contributed by atoms with van der Waals surface area (Å²) in [5, 5.41) is 3.52. The van der Waals surface area contributed by atoms with Crippen LogP contribution in [0.15, 0.2) is 56.0 Å². The molecule has 146 valence electrons. The highest BCUT2D eigenvalue weighted by atomic mass is 16.5. The van der Waals surface area contributed by atoms with Crippen LogP contribution in [-0.4, -0.2) is 18.4 Å². The second-order valence-corrected chi connectivity index (χ2v) is 6.86. The van der Waals surface area contributed by atoms with E-state index in [4.69, 9.17) is 9.15 Å². The Kier molecular flexibility index (Phi) is 5.23. The van der Waals surface area contributed by atoms with Gasteiger partial charge in [0, 0.05) is 28.6 Å². The number of ketones is 1. The van der Waals surface area contributed by atoms with E-state index in [-0.39, 0.29) is 17.8 Å². The first-order valence-electron chi connectivity index (χ1n) is 9.16. The summed E-state index contributed by atoms with van der Waals surface area (Å²) in [7, 11) is 0. The van der Waals surface area contributed by atoms with Crippen molar-refractivity contribution in [2.45, 2.75) is 40.5 Å². The molecule has 3 rings (SSSR count). The highest BCUT2D eigenvalue weighted by Crippen LogP contribution is 2.41. The third-order valence-electron chi connectivity index (χ3n) is 4.85. The van der Waals surface area contributed by atoms with Gasteiger partial charge in [0.15, 0.2) is 11.2 Å². The molecule has 1 aromatic heterocycles. The van der Waals surface area contributed by atoms with Crippen molar-refractivity contribution in [2.24, 2.45) is 0 Å². The van der Waals surface area contributed by atoms with Crippen LogP contribution in [0.5, 0.6) is 0 Å². The predicted octanol–water partition coefficient (Wildman–Crippen LogP) is 3.49. The lowest BCUT2D eigenvalue weighted by Gasteiger charge is -2.30. The van der Waals surface area contributed by atoms with Gasteiger partial charge in [-0.05, 0) is 40.7 Å². The number of para-hydroxylation sites is 1. The number of aryl methyl sites for hydroxylation is 1. The van der Waals surface area contributed by atoms with E-state index in [1.54, 1.807) is 45.9 Å². The van der Waals surface area contributed by atoms with E-state index in [0.29, 0.717) is 44.8 Å². The van der Waals surface area contributed by atoms with Crippen molar-refractivity contribution >= 4 is 22.7 Å². The van der Waals surface area contributed by atoms with E-state index < -0.39 is 11.9 Å². The number of rotatable bonds is 4. The first kappa shape index (κ1) is 19.6. The molecule has 0 saturated carbocycles. The highest BCUT2D eigenvalue weighted by molar-refractivity contribution is 6.03. The SMILES string of the molecule is CCOC(=O)C1=C(C)NC(C)=C(C(C)=O)[C@@H]1c1cccc2c(=O)cc(C)oc12. The molecule has 1 N–H and O–H groups in total. The van der Waals surface area contributed by atoms with Crippen molar-refractivity contribution in [3.63, 3.8) is 0 Å². The number of hydrogen-bond acceptors (Lipinski definition) is 6. The summed E-state index contributed by atoms with van der Waals surface area (Å²) in [6, 6.07) is 6.62. The number of nitrogens with one attached hydrogen (secondary N) is 1. The minimum absolute atomic E-state index is 0.169. The van der Waals surface area contributed by atoms with Gasteiger partial charge in [0.2, 0.25) is 0 Å². The lowest BCUT2D eigenvalue weighted by Crippen LogP contribution is -2.31. The third kappa shape index (κ3) is 3.26. The summed E-state index contributed by atoms with van der Waals surface area (Å²) >= 11 is 0. The smallest absolute Gasteiger partial charge is 0.336 e. The van der Waals surface area contributed by atoms with Gasteiger partial charge in [-0.25, -0.2) is 4.79 Å². The Bertz CT molecular complexity index is 1100. The average molecular weight is 381 g/mol. The van der Waals surface area contributed by atoms with Gasteiger partial charge < -0.3 is 14.5 Å². The Balaban J connectivity index is 2.38. The Hall–Kier alpha value is -3.15. The fraction of sp³-hybridized carbons (Fsp3) is 0.318. The summed E-state index contributed by atoms with van der Waals surface area (Å²) < 4.78 is 11.1. The molecule has 6 heteroatoms. The van der Waals surface area contributed by atoms with Crippen LogP contribution in [0.4, 0.5) is 0 Å². The van der Waals surface area contributed by atoms with Crippen molar-refractivity contribution in [3.05, 3.63) is 68.4 Å². The van der Waals surface area contributed by atoms with E-state index in [2.05, 4.69) is 5.32 Å².